The maximum absolute atomic E-state index is 12.3. The first kappa shape index (κ1) is 15.1. The summed E-state index contributed by atoms with van der Waals surface area (Å²) in [5.41, 5.74) is -1.08. The molecule has 1 saturated carbocycles. The number of ether oxygens (including phenoxy) is 1. The number of rotatable bonds is 3. The van der Waals surface area contributed by atoms with Crippen molar-refractivity contribution in [2.24, 2.45) is 0 Å². The second-order valence-electron chi connectivity index (χ2n) is 5.82. The Labute approximate surface area is 119 Å². The molecule has 20 heavy (non-hydrogen) atoms. The van der Waals surface area contributed by atoms with E-state index in [9.17, 15) is 14.7 Å². The predicted octanol–water partition coefficient (Wildman–Crippen LogP) is 1.59. The molecule has 2 amide bonds. The SMILES string of the molecule is COC1CCN(C(=O)NC2(C(=O)O)CCCCCC2)C1. The highest BCUT2D eigenvalue weighted by molar-refractivity contribution is 5.86. The monoisotopic (exact) mass is 284 g/mol. The van der Waals surface area contributed by atoms with E-state index < -0.39 is 11.5 Å². The van der Waals surface area contributed by atoms with Gasteiger partial charge in [0.25, 0.3) is 0 Å². The molecule has 0 aromatic rings. The van der Waals surface area contributed by atoms with E-state index in [-0.39, 0.29) is 12.1 Å². The molecular formula is C14H24N2O4. The van der Waals surface area contributed by atoms with E-state index in [4.69, 9.17) is 4.74 Å². The fourth-order valence-corrected chi connectivity index (χ4v) is 3.11. The van der Waals surface area contributed by atoms with Crippen LogP contribution in [0.4, 0.5) is 4.79 Å². The number of carbonyl (C=O) groups excluding carboxylic acids is 1. The number of aliphatic carboxylic acids is 1. The quantitative estimate of drug-likeness (QED) is 0.771. The van der Waals surface area contributed by atoms with Gasteiger partial charge >= 0.3 is 12.0 Å². The number of carbonyl (C=O) groups is 2. The van der Waals surface area contributed by atoms with Gasteiger partial charge in [-0.05, 0) is 19.3 Å². The Morgan fingerprint density at radius 2 is 1.90 bits per heavy atom. The van der Waals surface area contributed by atoms with Crippen LogP contribution < -0.4 is 5.32 Å². The largest absolute Gasteiger partial charge is 0.480 e. The van der Waals surface area contributed by atoms with E-state index in [0.29, 0.717) is 25.9 Å². The summed E-state index contributed by atoms with van der Waals surface area (Å²) in [5, 5.41) is 12.3. The van der Waals surface area contributed by atoms with Gasteiger partial charge in [0.05, 0.1) is 6.10 Å². The first-order valence-electron chi connectivity index (χ1n) is 7.41. The highest BCUT2D eigenvalue weighted by Gasteiger charge is 2.41. The summed E-state index contributed by atoms with van der Waals surface area (Å²) >= 11 is 0. The number of carboxylic acid groups (broad SMARTS) is 1. The lowest BCUT2D eigenvalue weighted by Gasteiger charge is -2.31. The van der Waals surface area contributed by atoms with Gasteiger partial charge < -0.3 is 20.1 Å². The highest BCUT2D eigenvalue weighted by atomic mass is 16.5. The van der Waals surface area contributed by atoms with Gasteiger partial charge in [-0.2, -0.15) is 0 Å². The number of urea groups is 1. The molecule has 6 nitrogen and oxygen atoms in total. The Morgan fingerprint density at radius 3 is 2.40 bits per heavy atom. The van der Waals surface area contributed by atoms with E-state index in [2.05, 4.69) is 5.32 Å². The number of hydrogen-bond donors (Lipinski definition) is 2. The average molecular weight is 284 g/mol. The summed E-state index contributed by atoms with van der Waals surface area (Å²) < 4.78 is 5.24. The Hall–Kier alpha value is -1.30. The van der Waals surface area contributed by atoms with Crippen LogP contribution in [0.1, 0.15) is 44.9 Å². The molecule has 1 heterocycles. The maximum Gasteiger partial charge on any atom is 0.329 e. The molecule has 2 aliphatic rings. The van der Waals surface area contributed by atoms with Gasteiger partial charge in [-0.15, -0.1) is 0 Å². The third kappa shape index (κ3) is 3.23. The van der Waals surface area contributed by atoms with Crippen molar-refractivity contribution in [1.29, 1.82) is 0 Å². The molecule has 2 N–H and O–H groups in total. The molecule has 0 bridgehead atoms. The smallest absolute Gasteiger partial charge is 0.329 e. The first-order valence-corrected chi connectivity index (χ1v) is 7.41. The van der Waals surface area contributed by atoms with Gasteiger partial charge in [0.15, 0.2) is 0 Å². The van der Waals surface area contributed by atoms with E-state index >= 15 is 0 Å². The summed E-state index contributed by atoms with van der Waals surface area (Å²) in [5.74, 6) is -0.907. The highest BCUT2D eigenvalue weighted by Crippen LogP contribution is 2.28. The minimum atomic E-state index is -1.08. The molecule has 6 heteroatoms. The van der Waals surface area contributed by atoms with Crippen LogP contribution in [0.5, 0.6) is 0 Å². The number of nitrogens with one attached hydrogen (secondary N) is 1. The Bertz CT molecular complexity index is 364. The van der Waals surface area contributed by atoms with Gasteiger partial charge in [-0.1, -0.05) is 25.7 Å². The van der Waals surface area contributed by atoms with Crippen molar-refractivity contribution in [3.05, 3.63) is 0 Å². The van der Waals surface area contributed by atoms with Crippen LogP contribution in [0, 0.1) is 0 Å². The van der Waals surface area contributed by atoms with Crippen molar-refractivity contribution in [3.8, 4) is 0 Å². The maximum atomic E-state index is 12.3. The lowest BCUT2D eigenvalue weighted by Crippen LogP contribution is -2.57. The van der Waals surface area contributed by atoms with Crippen molar-refractivity contribution in [1.82, 2.24) is 10.2 Å². The molecule has 0 radical (unpaired) electrons. The van der Waals surface area contributed by atoms with Crippen molar-refractivity contribution in [2.45, 2.75) is 56.6 Å². The normalized spacial score (nSPS) is 26.1. The molecule has 1 aliphatic carbocycles. The fourth-order valence-electron chi connectivity index (χ4n) is 3.11. The molecule has 2 rings (SSSR count). The van der Waals surface area contributed by atoms with Crippen LogP contribution >= 0.6 is 0 Å². The lowest BCUT2D eigenvalue weighted by molar-refractivity contribution is -0.145. The number of likely N-dealkylation sites (tertiary alicyclic amines) is 1. The Kier molecular flexibility index (Phi) is 4.86. The molecule has 1 saturated heterocycles. The van der Waals surface area contributed by atoms with Crippen LogP contribution in [0.15, 0.2) is 0 Å². The average Bonchev–Trinajstić information content (AvgIpc) is 2.79. The lowest BCUT2D eigenvalue weighted by atomic mass is 9.90. The molecule has 2 fully saturated rings. The van der Waals surface area contributed by atoms with Crippen LogP contribution in [-0.4, -0.2) is 53.8 Å². The summed E-state index contributed by atoms with van der Waals surface area (Å²) in [6.07, 6.45) is 5.71. The third-order valence-corrected chi connectivity index (χ3v) is 4.48. The number of amides is 2. The molecule has 0 aromatic heterocycles. The zero-order valence-electron chi connectivity index (χ0n) is 12.1. The predicted molar refractivity (Wildman–Crippen MR) is 73.6 cm³/mol. The zero-order valence-corrected chi connectivity index (χ0v) is 12.1. The molecule has 1 aliphatic heterocycles. The van der Waals surface area contributed by atoms with Gasteiger partial charge in [-0.3, -0.25) is 0 Å². The zero-order chi connectivity index (χ0) is 14.6. The van der Waals surface area contributed by atoms with Crippen molar-refractivity contribution < 1.29 is 19.4 Å². The second kappa shape index (κ2) is 6.43. The Balaban J connectivity index is 2.01. The summed E-state index contributed by atoms with van der Waals surface area (Å²) in [6, 6.07) is -0.270. The summed E-state index contributed by atoms with van der Waals surface area (Å²) in [6.45, 7) is 1.16. The molecular weight excluding hydrogens is 260 g/mol. The standard InChI is InChI=1S/C14H24N2O4/c1-20-11-6-9-16(10-11)13(19)15-14(12(17)18)7-4-2-3-5-8-14/h11H,2-10H2,1H3,(H,15,19)(H,17,18). The Morgan fingerprint density at radius 1 is 1.25 bits per heavy atom. The molecule has 0 spiro atoms. The van der Waals surface area contributed by atoms with Crippen molar-refractivity contribution in [2.75, 3.05) is 20.2 Å². The van der Waals surface area contributed by atoms with E-state index in [1.165, 1.54) is 0 Å². The first-order chi connectivity index (χ1) is 9.57. The number of nitrogens with zero attached hydrogens (tertiary/aromatic N) is 1. The van der Waals surface area contributed by atoms with E-state index in [1.54, 1.807) is 12.0 Å². The second-order valence-corrected chi connectivity index (χ2v) is 5.82. The van der Waals surface area contributed by atoms with Gasteiger partial charge in [-0.25, -0.2) is 9.59 Å². The summed E-state index contributed by atoms with van der Waals surface area (Å²) in [4.78, 5) is 25.6. The van der Waals surface area contributed by atoms with Gasteiger partial charge in [0.1, 0.15) is 5.54 Å². The van der Waals surface area contributed by atoms with Crippen LogP contribution in [0.3, 0.4) is 0 Å². The van der Waals surface area contributed by atoms with Crippen LogP contribution in [0.25, 0.3) is 0 Å². The van der Waals surface area contributed by atoms with Crippen LogP contribution in [0.2, 0.25) is 0 Å². The topological polar surface area (TPSA) is 78.9 Å². The van der Waals surface area contributed by atoms with Crippen molar-refractivity contribution >= 4 is 12.0 Å². The van der Waals surface area contributed by atoms with E-state index in [0.717, 1.165) is 32.1 Å². The van der Waals surface area contributed by atoms with E-state index in [1.807, 2.05) is 0 Å². The van der Waals surface area contributed by atoms with Gasteiger partial charge in [0.2, 0.25) is 0 Å². The van der Waals surface area contributed by atoms with Gasteiger partial charge in [0, 0.05) is 20.2 Å². The number of methoxy groups -OCH3 is 1. The third-order valence-electron chi connectivity index (χ3n) is 4.48. The summed E-state index contributed by atoms with van der Waals surface area (Å²) in [7, 11) is 1.64. The minimum absolute atomic E-state index is 0.0654. The number of hydrogen-bond acceptors (Lipinski definition) is 3. The molecule has 1 unspecified atom stereocenters. The van der Waals surface area contributed by atoms with Crippen molar-refractivity contribution in [3.63, 3.8) is 0 Å². The number of carboxylic acids is 1. The minimum Gasteiger partial charge on any atom is -0.480 e. The molecule has 114 valence electrons. The van der Waals surface area contributed by atoms with Crippen LogP contribution in [-0.2, 0) is 9.53 Å². The molecule has 1 atom stereocenters. The molecule has 0 aromatic carbocycles. The fraction of sp³-hybridized carbons (Fsp3) is 0.857.